The van der Waals surface area contributed by atoms with Gasteiger partial charge in [-0.2, -0.15) is 16.1 Å². The highest BCUT2D eigenvalue weighted by Gasteiger charge is 2.10. The van der Waals surface area contributed by atoms with E-state index in [1.54, 1.807) is 11.3 Å². The number of benzene rings is 1. The summed E-state index contributed by atoms with van der Waals surface area (Å²) in [5.74, 6) is 0.345. The number of aromatic nitrogens is 4. The number of amides is 1. The molecule has 3 rings (SSSR count). The largest absolute Gasteiger partial charge is 0.324 e. The van der Waals surface area contributed by atoms with E-state index in [9.17, 15) is 4.79 Å². The fraction of sp³-hybridized carbons (Fsp3) is 0.200. The second kappa shape index (κ2) is 6.07. The van der Waals surface area contributed by atoms with Crippen molar-refractivity contribution in [2.75, 3.05) is 5.32 Å². The van der Waals surface area contributed by atoms with Gasteiger partial charge in [-0.25, -0.2) is 0 Å². The Bertz CT molecular complexity index is 794. The van der Waals surface area contributed by atoms with Gasteiger partial charge in [-0.1, -0.05) is 6.07 Å². The van der Waals surface area contributed by atoms with E-state index < -0.39 is 0 Å². The maximum atomic E-state index is 12.0. The second-order valence-corrected chi connectivity index (χ2v) is 5.78. The van der Waals surface area contributed by atoms with E-state index in [1.807, 2.05) is 48.9 Å². The van der Waals surface area contributed by atoms with Crippen molar-refractivity contribution in [2.24, 2.45) is 0 Å². The summed E-state index contributed by atoms with van der Waals surface area (Å²) >= 11 is 1.57. The number of rotatable bonds is 4. The van der Waals surface area contributed by atoms with Crippen molar-refractivity contribution < 1.29 is 4.79 Å². The summed E-state index contributed by atoms with van der Waals surface area (Å²) in [5.41, 5.74) is 4.00. The Kier molecular flexibility index (Phi) is 3.97. The van der Waals surface area contributed by atoms with Gasteiger partial charge >= 0.3 is 0 Å². The fourth-order valence-corrected chi connectivity index (χ4v) is 2.60. The van der Waals surface area contributed by atoms with Gasteiger partial charge in [0.15, 0.2) is 0 Å². The van der Waals surface area contributed by atoms with Crippen LogP contribution < -0.4 is 5.32 Å². The summed E-state index contributed by atoms with van der Waals surface area (Å²) in [7, 11) is 0. The molecule has 1 amide bonds. The SMILES string of the molecule is Cc1ccc(NC(=O)Cn2nnc(-c3ccsc3)n2)cc1C. The molecule has 1 N–H and O–H groups in total. The molecule has 6 nitrogen and oxygen atoms in total. The molecule has 2 heterocycles. The Balaban J connectivity index is 1.65. The molecule has 0 saturated carbocycles. The number of nitrogens with one attached hydrogen (secondary N) is 1. The van der Waals surface area contributed by atoms with E-state index in [0.717, 1.165) is 16.8 Å². The van der Waals surface area contributed by atoms with Crippen LogP contribution in [0.1, 0.15) is 11.1 Å². The first kappa shape index (κ1) is 14.4. The van der Waals surface area contributed by atoms with Crippen LogP contribution in [0.3, 0.4) is 0 Å². The van der Waals surface area contributed by atoms with Crippen LogP contribution in [0.5, 0.6) is 0 Å². The van der Waals surface area contributed by atoms with E-state index in [0.29, 0.717) is 5.82 Å². The molecule has 22 heavy (non-hydrogen) atoms. The maximum Gasteiger partial charge on any atom is 0.248 e. The highest BCUT2D eigenvalue weighted by Crippen LogP contribution is 2.17. The quantitative estimate of drug-likeness (QED) is 0.803. The minimum atomic E-state index is -0.183. The standard InChI is InChI=1S/C15H15N5OS/c1-10-3-4-13(7-11(10)2)16-14(21)8-20-18-15(17-19-20)12-5-6-22-9-12/h3-7,9H,8H2,1-2H3,(H,16,21). The molecule has 0 spiro atoms. The number of anilines is 1. The highest BCUT2D eigenvalue weighted by molar-refractivity contribution is 7.08. The van der Waals surface area contributed by atoms with Gasteiger partial charge in [-0.3, -0.25) is 4.79 Å². The normalized spacial score (nSPS) is 10.6. The number of aryl methyl sites for hydroxylation is 2. The van der Waals surface area contributed by atoms with E-state index in [-0.39, 0.29) is 12.5 Å². The van der Waals surface area contributed by atoms with Crippen LogP contribution in [0.4, 0.5) is 5.69 Å². The first-order valence-corrected chi connectivity index (χ1v) is 7.73. The predicted molar refractivity (Wildman–Crippen MR) is 85.7 cm³/mol. The Labute approximate surface area is 131 Å². The van der Waals surface area contributed by atoms with Crippen molar-refractivity contribution in [3.8, 4) is 11.4 Å². The van der Waals surface area contributed by atoms with Gasteiger partial charge in [0.2, 0.25) is 11.7 Å². The molecular weight excluding hydrogens is 298 g/mol. The monoisotopic (exact) mass is 313 g/mol. The predicted octanol–water partition coefficient (Wildman–Crippen LogP) is 2.66. The van der Waals surface area contributed by atoms with Gasteiger partial charge in [-0.05, 0) is 53.8 Å². The number of carbonyl (C=O) groups excluding carboxylic acids is 1. The molecule has 0 radical (unpaired) electrons. The lowest BCUT2D eigenvalue weighted by Gasteiger charge is -2.07. The molecule has 3 aromatic rings. The molecule has 2 aromatic heterocycles. The second-order valence-electron chi connectivity index (χ2n) is 5.00. The number of carbonyl (C=O) groups is 1. The Morgan fingerprint density at radius 2 is 2.14 bits per heavy atom. The Morgan fingerprint density at radius 1 is 1.27 bits per heavy atom. The zero-order chi connectivity index (χ0) is 15.5. The highest BCUT2D eigenvalue weighted by atomic mass is 32.1. The zero-order valence-electron chi connectivity index (χ0n) is 12.3. The van der Waals surface area contributed by atoms with Gasteiger partial charge in [0.25, 0.3) is 0 Å². The van der Waals surface area contributed by atoms with E-state index in [4.69, 9.17) is 0 Å². The molecule has 0 atom stereocenters. The lowest BCUT2D eigenvalue weighted by Crippen LogP contribution is -2.20. The van der Waals surface area contributed by atoms with Gasteiger partial charge in [0.1, 0.15) is 6.54 Å². The summed E-state index contributed by atoms with van der Waals surface area (Å²) < 4.78 is 0. The lowest BCUT2D eigenvalue weighted by molar-refractivity contribution is -0.117. The van der Waals surface area contributed by atoms with Crippen LogP contribution >= 0.6 is 11.3 Å². The third-order valence-electron chi connectivity index (χ3n) is 3.31. The minimum Gasteiger partial charge on any atom is -0.324 e. The maximum absolute atomic E-state index is 12.0. The molecule has 0 aliphatic carbocycles. The lowest BCUT2D eigenvalue weighted by atomic mass is 10.1. The average molecular weight is 313 g/mol. The van der Waals surface area contributed by atoms with Crippen molar-refractivity contribution in [1.82, 2.24) is 20.2 Å². The summed E-state index contributed by atoms with van der Waals surface area (Å²) in [4.78, 5) is 13.3. The van der Waals surface area contributed by atoms with Crippen LogP contribution in [-0.4, -0.2) is 26.1 Å². The van der Waals surface area contributed by atoms with Crippen LogP contribution in [0.25, 0.3) is 11.4 Å². The fourth-order valence-electron chi connectivity index (χ4n) is 1.97. The summed E-state index contributed by atoms with van der Waals surface area (Å²) in [6, 6.07) is 7.72. The van der Waals surface area contributed by atoms with Crippen molar-refractivity contribution in [3.63, 3.8) is 0 Å². The molecular formula is C15H15N5OS. The minimum absolute atomic E-state index is 0.0318. The van der Waals surface area contributed by atoms with E-state index >= 15 is 0 Å². The van der Waals surface area contributed by atoms with Gasteiger partial charge in [0.05, 0.1) is 0 Å². The number of hydrogen-bond donors (Lipinski definition) is 1. The average Bonchev–Trinajstić information content (AvgIpc) is 3.13. The topological polar surface area (TPSA) is 72.7 Å². The molecule has 0 bridgehead atoms. The van der Waals surface area contributed by atoms with Gasteiger partial charge in [0, 0.05) is 16.6 Å². The molecule has 0 fully saturated rings. The molecule has 0 aliphatic rings. The Morgan fingerprint density at radius 3 is 2.86 bits per heavy atom. The third-order valence-corrected chi connectivity index (χ3v) is 3.99. The van der Waals surface area contributed by atoms with E-state index in [2.05, 4.69) is 20.7 Å². The van der Waals surface area contributed by atoms with Gasteiger partial charge in [-0.15, -0.1) is 10.2 Å². The number of thiophene rings is 1. The molecule has 0 unspecified atom stereocenters. The molecule has 1 aromatic carbocycles. The summed E-state index contributed by atoms with van der Waals surface area (Å²) in [6.45, 7) is 4.08. The molecule has 0 aliphatic heterocycles. The van der Waals surface area contributed by atoms with E-state index in [1.165, 1.54) is 10.4 Å². The van der Waals surface area contributed by atoms with Crippen molar-refractivity contribution in [2.45, 2.75) is 20.4 Å². The smallest absolute Gasteiger partial charge is 0.248 e. The first-order chi connectivity index (χ1) is 10.6. The number of hydrogen-bond acceptors (Lipinski definition) is 5. The van der Waals surface area contributed by atoms with Crippen molar-refractivity contribution in [1.29, 1.82) is 0 Å². The van der Waals surface area contributed by atoms with Crippen molar-refractivity contribution >= 4 is 22.9 Å². The molecule has 0 saturated heterocycles. The zero-order valence-corrected chi connectivity index (χ0v) is 13.1. The van der Waals surface area contributed by atoms with Crippen molar-refractivity contribution in [3.05, 3.63) is 46.2 Å². The third kappa shape index (κ3) is 3.20. The van der Waals surface area contributed by atoms with Gasteiger partial charge < -0.3 is 5.32 Å². The molecule has 7 heteroatoms. The number of nitrogens with zero attached hydrogens (tertiary/aromatic N) is 4. The van der Waals surface area contributed by atoms with Crippen LogP contribution in [0, 0.1) is 13.8 Å². The number of tetrazole rings is 1. The Hall–Kier alpha value is -2.54. The van der Waals surface area contributed by atoms with Crippen LogP contribution in [0.15, 0.2) is 35.0 Å². The van der Waals surface area contributed by atoms with Crippen LogP contribution in [0.2, 0.25) is 0 Å². The summed E-state index contributed by atoms with van der Waals surface area (Å²) in [5, 5.41) is 18.8. The molecule has 112 valence electrons. The first-order valence-electron chi connectivity index (χ1n) is 6.79. The summed E-state index contributed by atoms with van der Waals surface area (Å²) in [6.07, 6.45) is 0. The van der Waals surface area contributed by atoms with Crippen LogP contribution in [-0.2, 0) is 11.3 Å².